The van der Waals surface area contributed by atoms with E-state index in [1.165, 1.54) is 6.07 Å². The molecule has 3 heteroatoms. The number of aryl methyl sites for hydroxylation is 1. The van der Waals surface area contributed by atoms with Crippen LogP contribution in [-0.4, -0.2) is 5.38 Å². The highest BCUT2D eigenvalue weighted by molar-refractivity contribution is 9.10. The fourth-order valence-electron chi connectivity index (χ4n) is 1.59. The van der Waals surface area contributed by atoms with Crippen molar-refractivity contribution in [2.75, 3.05) is 0 Å². The van der Waals surface area contributed by atoms with Gasteiger partial charge in [-0.1, -0.05) is 29.8 Å². The largest absolute Gasteiger partial charge is 0.207 e. The van der Waals surface area contributed by atoms with E-state index in [9.17, 15) is 4.39 Å². The molecule has 1 rings (SSSR count). The first kappa shape index (κ1) is 14.0. The molecule has 0 fully saturated rings. The first-order valence-corrected chi connectivity index (χ1v) is 6.81. The van der Waals surface area contributed by atoms with Crippen LogP contribution in [0.15, 0.2) is 22.7 Å². The normalized spacial score (nSPS) is 13.1. The van der Waals surface area contributed by atoms with Gasteiger partial charge in [-0.15, -0.1) is 11.6 Å². The summed E-state index contributed by atoms with van der Waals surface area (Å²) in [5.74, 6) is 0.316. The van der Waals surface area contributed by atoms with Crippen LogP contribution in [0.5, 0.6) is 0 Å². The maximum absolute atomic E-state index is 13.1. The van der Waals surface area contributed by atoms with Crippen molar-refractivity contribution in [1.82, 2.24) is 0 Å². The predicted octanol–water partition coefficient (Wildman–Crippen LogP) is 5.17. The van der Waals surface area contributed by atoms with Gasteiger partial charge in [-0.05, 0) is 48.9 Å². The molecule has 0 saturated heterocycles. The molecule has 0 aliphatic rings. The van der Waals surface area contributed by atoms with Crippen molar-refractivity contribution in [2.45, 2.75) is 38.5 Å². The molecule has 16 heavy (non-hydrogen) atoms. The smallest absolute Gasteiger partial charge is 0.124 e. The Labute approximate surface area is 110 Å². The fourth-order valence-corrected chi connectivity index (χ4v) is 2.26. The van der Waals surface area contributed by atoms with Gasteiger partial charge in [-0.3, -0.25) is 0 Å². The summed E-state index contributed by atoms with van der Waals surface area (Å²) < 4.78 is 13.9. The maximum Gasteiger partial charge on any atom is 0.124 e. The Morgan fingerprint density at radius 3 is 2.56 bits per heavy atom. The van der Waals surface area contributed by atoms with Crippen molar-refractivity contribution in [3.63, 3.8) is 0 Å². The molecule has 0 nitrogen and oxygen atoms in total. The van der Waals surface area contributed by atoms with Crippen molar-refractivity contribution in [3.8, 4) is 0 Å². The van der Waals surface area contributed by atoms with Gasteiger partial charge in [0.05, 0.1) is 0 Å². The first-order valence-electron chi connectivity index (χ1n) is 5.58. The minimum absolute atomic E-state index is 0.185. The molecule has 0 aliphatic carbocycles. The minimum Gasteiger partial charge on any atom is -0.207 e. The third-order valence-corrected chi connectivity index (χ3v) is 3.77. The third kappa shape index (κ3) is 4.84. The van der Waals surface area contributed by atoms with Crippen molar-refractivity contribution < 1.29 is 4.39 Å². The summed E-state index contributed by atoms with van der Waals surface area (Å²) in [5.41, 5.74) is 1.03. The molecular formula is C13H17BrClF. The molecule has 0 bridgehead atoms. The third-order valence-electron chi connectivity index (χ3n) is 2.59. The molecule has 0 heterocycles. The van der Waals surface area contributed by atoms with Gasteiger partial charge in [-0.25, -0.2) is 4.39 Å². The molecule has 0 saturated carbocycles. The minimum atomic E-state index is -0.185. The summed E-state index contributed by atoms with van der Waals surface area (Å²) in [7, 11) is 0. The van der Waals surface area contributed by atoms with E-state index in [0.717, 1.165) is 29.3 Å². The van der Waals surface area contributed by atoms with E-state index >= 15 is 0 Å². The van der Waals surface area contributed by atoms with Crippen LogP contribution in [0.25, 0.3) is 0 Å². The molecular weight excluding hydrogens is 290 g/mol. The highest BCUT2D eigenvalue weighted by atomic mass is 79.9. The monoisotopic (exact) mass is 306 g/mol. The Morgan fingerprint density at radius 2 is 2.00 bits per heavy atom. The second-order valence-corrected chi connectivity index (χ2v) is 5.91. The Bertz CT molecular complexity index is 318. The molecule has 0 aromatic heterocycles. The molecule has 1 aromatic carbocycles. The lowest BCUT2D eigenvalue weighted by Crippen LogP contribution is -2.07. The van der Waals surface area contributed by atoms with Crippen LogP contribution in [-0.2, 0) is 6.42 Å². The summed E-state index contributed by atoms with van der Waals surface area (Å²) in [6, 6.07) is 5.02. The van der Waals surface area contributed by atoms with Crippen LogP contribution in [0.2, 0.25) is 0 Å². The van der Waals surface area contributed by atoms with Gasteiger partial charge < -0.3 is 0 Å². The molecule has 0 N–H and O–H groups in total. The summed E-state index contributed by atoms with van der Waals surface area (Å²) in [4.78, 5) is 0. The average Bonchev–Trinajstić information content (AvgIpc) is 2.15. The number of rotatable bonds is 5. The zero-order valence-electron chi connectivity index (χ0n) is 9.64. The van der Waals surface area contributed by atoms with Gasteiger partial charge in [0.2, 0.25) is 0 Å². The van der Waals surface area contributed by atoms with Gasteiger partial charge in [-0.2, -0.15) is 0 Å². The van der Waals surface area contributed by atoms with Crippen LogP contribution in [0.4, 0.5) is 4.39 Å². The number of halogens is 3. The SMILES string of the molecule is CC(C)C(Cl)CCCc1cc(F)cc(Br)c1. The number of hydrogen-bond donors (Lipinski definition) is 0. The van der Waals surface area contributed by atoms with Crippen molar-refractivity contribution in [1.29, 1.82) is 0 Å². The summed E-state index contributed by atoms with van der Waals surface area (Å²) in [6.45, 7) is 4.24. The molecule has 0 radical (unpaired) electrons. The molecule has 0 amide bonds. The van der Waals surface area contributed by atoms with E-state index in [2.05, 4.69) is 29.8 Å². The van der Waals surface area contributed by atoms with Crippen LogP contribution >= 0.6 is 27.5 Å². The number of hydrogen-bond acceptors (Lipinski definition) is 0. The van der Waals surface area contributed by atoms with E-state index in [1.54, 1.807) is 6.07 Å². The summed E-state index contributed by atoms with van der Waals surface area (Å²) in [5, 5.41) is 0.219. The summed E-state index contributed by atoms with van der Waals surface area (Å²) in [6.07, 6.45) is 2.86. The second kappa shape index (κ2) is 6.61. The average molecular weight is 308 g/mol. The zero-order valence-corrected chi connectivity index (χ0v) is 12.0. The standard InChI is InChI=1S/C13H17BrClF/c1-9(2)13(15)5-3-4-10-6-11(14)8-12(16)7-10/h6-9,13H,3-5H2,1-2H3. The highest BCUT2D eigenvalue weighted by Crippen LogP contribution is 2.19. The Morgan fingerprint density at radius 1 is 1.31 bits per heavy atom. The number of alkyl halides is 1. The van der Waals surface area contributed by atoms with E-state index in [4.69, 9.17) is 11.6 Å². The lowest BCUT2D eigenvalue weighted by Gasteiger charge is -2.12. The van der Waals surface area contributed by atoms with Gasteiger partial charge in [0.15, 0.2) is 0 Å². The Balaban J connectivity index is 2.43. The molecule has 1 atom stereocenters. The zero-order chi connectivity index (χ0) is 12.1. The van der Waals surface area contributed by atoms with Crippen LogP contribution < -0.4 is 0 Å². The van der Waals surface area contributed by atoms with Gasteiger partial charge in [0.1, 0.15) is 5.82 Å². The van der Waals surface area contributed by atoms with Crippen LogP contribution in [0.1, 0.15) is 32.3 Å². The van der Waals surface area contributed by atoms with E-state index in [1.807, 2.05) is 6.07 Å². The highest BCUT2D eigenvalue weighted by Gasteiger charge is 2.09. The summed E-state index contributed by atoms with van der Waals surface area (Å²) >= 11 is 9.45. The van der Waals surface area contributed by atoms with E-state index in [0.29, 0.717) is 5.92 Å². The first-order chi connectivity index (χ1) is 7.49. The van der Waals surface area contributed by atoms with E-state index < -0.39 is 0 Å². The topological polar surface area (TPSA) is 0 Å². The van der Waals surface area contributed by atoms with Crippen LogP contribution in [0, 0.1) is 11.7 Å². The van der Waals surface area contributed by atoms with Crippen LogP contribution in [0.3, 0.4) is 0 Å². The fraction of sp³-hybridized carbons (Fsp3) is 0.538. The molecule has 1 aromatic rings. The lowest BCUT2D eigenvalue weighted by atomic mass is 10.0. The quantitative estimate of drug-likeness (QED) is 0.658. The molecule has 0 aliphatic heterocycles. The predicted molar refractivity (Wildman–Crippen MR) is 71.5 cm³/mol. The van der Waals surface area contributed by atoms with Gasteiger partial charge >= 0.3 is 0 Å². The van der Waals surface area contributed by atoms with Gasteiger partial charge in [0, 0.05) is 9.85 Å². The van der Waals surface area contributed by atoms with Crippen molar-refractivity contribution in [2.24, 2.45) is 5.92 Å². The van der Waals surface area contributed by atoms with Gasteiger partial charge in [0.25, 0.3) is 0 Å². The Kier molecular flexibility index (Phi) is 5.77. The number of benzene rings is 1. The van der Waals surface area contributed by atoms with Crippen molar-refractivity contribution >= 4 is 27.5 Å². The lowest BCUT2D eigenvalue weighted by molar-refractivity contribution is 0.546. The van der Waals surface area contributed by atoms with E-state index in [-0.39, 0.29) is 11.2 Å². The molecule has 0 spiro atoms. The molecule has 1 unspecified atom stereocenters. The van der Waals surface area contributed by atoms with Crippen molar-refractivity contribution in [3.05, 3.63) is 34.1 Å². The molecule has 90 valence electrons. The Hall–Kier alpha value is -0.0800. The second-order valence-electron chi connectivity index (χ2n) is 4.43. The maximum atomic E-state index is 13.1.